The van der Waals surface area contributed by atoms with Gasteiger partial charge in [-0.05, 0) is 49.6 Å². The molecule has 0 bridgehead atoms. The summed E-state index contributed by atoms with van der Waals surface area (Å²) in [6.45, 7) is 10.4. The standard InChI is InChI=1S/C47H62N4O15/c1-8-11-13-18-34(37(9-2)51(27-52)65-25-32-16-14-12-15-17-32)42(54)48-26-49-44(56)39-22-21-38(66-39)33-19-20-35(40(23-33)60-10-3)43(55)50-36(47(59)64-29-63-46(58)31(6)7)24-41(53)61-28-62-45(57)30(4)5/h12,14-17,19-23,27,30-31,34,36-37H,8-11,13,18,24-26,28-29H2,1-7H3,(H,48,54)(H,49,56)(H,50,55)/t34?,36?,37-/m1/s1. The van der Waals surface area contributed by atoms with E-state index in [1.165, 1.54) is 35.4 Å². The molecule has 2 unspecified atom stereocenters. The number of amides is 4. The van der Waals surface area contributed by atoms with E-state index in [9.17, 15) is 38.4 Å². The van der Waals surface area contributed by atoms with Gasteiger partial charge < -0.3 is 44.1 Å². The number of nitrogens with zero attached hydrogens (tertiary/aromatic N) is 1. The molecule has 0 saturated heterocycles. The van der Waals surface area contributed by atoms with Crippen molar-refractivity contribution in [3.05, 3.63) is 77.6 Å². The van der Waals surface area contributed by atoms with Gasteiger partial charge in [-0.25, -0.2) is 9.86 Å². The number of esters is 4. The van der Waals surface area contributed by atoms with Crippen LogP contribution < -0.4 is 20.7 Å². The molecular weight excluding hydrogens is 861 g/mol. The molecule has 0 aliphatic heterocycles. The van der Waals surface area contributed by atoms with Crippen LogP contribution in [0.2, 0.25) is 0 Å². The lowest BCUT2D eigenvalue weighted by molar-refractivity contribution is -0.200. The van der Waals surface area contributed by atoms with Crippen molar-refractivity contribution >= 4 is 48.0 Å². The van der Waals surface area contributed by atoms with Crippen molar-refractivity contribution in [1.29, 1.82) is 0 Å². The highest BCUT2D eigenvalue weighted by atomic mass is 16.7. The van der Waals surface area contributed by atoms with Crippen LogP contribution in [0.15, 0.2) is 65.1 Å². The van der Waals surface area contributed by atoms with Gasteiger partial charge in [-0.3, -0.25) is 38.4 Å². The molecule has 19 nitrogen and oxygen atoms in total. The van der Waals surface area contributed by atoms with Gasteiger partial charge in [0.2, 0.25) is 25.9 Å². The average molecular weight is 923 g/mol. The summed E-state index contributed by atoms with van der Waals surface area (Å²) >= 11 is 0. The second-order valence-corrected chi connectivity index (χ2v) is 15.5. The fourth-order valence-electron chi connectivity index (χ4n) is 6.25. The zero-order chi connectivity index (χ0) is 48.6. The first kappa shape index (κ1) is 53.6. The van der Waals surface area contributed by atoms with Gasteiger partial charge in [0.05, 0.1) is 49.1 Å². The molecule has 1 aromatic heterocycles. The van der Waals surface area contributed by atoms with Crippen molar-refractivity contribution in [2.45, 2.75) is 106 Å². The predicted molar refractivity (Wildman–Crippen MR) is 236 cm³/mol. The van der Waals surface area contributed by atoms with E-state index in [0.29, 0.717) is 24.8 Å². The molecule has 4 amide bonds. The molecule has 1 heterocycles. The molecule has 2 aromatic carbocycles. The van der Waals surface area contributed by atoms with Crippen molar-refractivity contribution < 1.29 is 71.3 Å². The molecule has 0 spiro atoms. The summed E-state index contributed by atoms with van der Waals surface area (Å²) < 4.78 is 31.3. The second-order valence-electron chi connectivity index (χ2n) is 15.5. The third-order valence-corrected chi connectivity index (χ3v) is 9.87. The first-order valence-corrected chi connectivity index (χ1v) is 21.9. The van der Waals surface area contributed by atoms with E-state index in [-0.39, 0.29) is 48.6 Å². The number of unbranched alkanes of at least 4 members (excludes halogenated alkanes) is 2. The fraction of sp³-hybridized carbons (Fsp3) is 0.489. The summed E-state index contributed by atoms with van der Waals surface area (Å²) in [4.78, 5) is 108. The third kappa shape index (κ3) is 17.3. The lowest BCUT2D eigenvalue weighted by atomic mass is 9.90. The molecule has 3 N–H and O–H groups in total. The normalized spacial score (nSPS) is 12.3. The van der Waals surface area contributed by atoms with Crippen molar-refractivity contribution in [1.82, 2.24) is 21.0 Å². The van der Waals surface area contributed by atoms with E-state index in [1.54, 1.807) is 34.6 Å². The summed E-state index contributed by atoms with van der Waals surface area (Å²) in [6.07, 6.45) is 3.35. The Morgan fingerprint density at radius 2 is 1.42 bits per heavy atom. The lowest BCUT2D eigenvalue weighted by Crippen LogP contribution is -2.48. The second kappa shape index (κ2) is 28.2. The number of carbonyl (C=O) groups excluding carboxylic acids is 8. The van der Waals surface area contributed by atoms with E-state index in [0.717, 1.165) is 24.8 Å². The summed E-state index contributed by atoms with van der Waals surface area (Å²) in [5, 5.41) is 9.01. The zero-order valence-corrected chi connectivity index (χ0v) is 38.6. The van der Waals surface area contributed by atoms with Gasteiger partial charge in [0, 0.05) is 5.56 Å². The molecule has 0 aliphatic rings. The molecule has 3 rings (SSSR count). The number of ether oxygens (including phenoxy) is 5. The van der Waals surface area contributed by atoms with Crippen molar-refractivity contribution in [3.63, 3.8) is 0 Å². The molecule has 3 atom stereocenters. The molecule has 360 valence electrons. The highest BCUT2D eigenvalue weighted by Crippen LogP contribution is 2.30. The molecule has 0 fully saturated rings. The number of rotatable bonds is 29. The Bertz CT molecular complexity index is 2070. The summed E-state index contributed by atoms with van der Waals surface area (Å²) in [6, 6.07) is 14.5. The molecule has 3 aromatic rings. The minimum Gasteiger partial charge on any atom is -0.493 e. The topological polar surface area (TPSA) is 244 Å². The van der Waals surface area contributed by atoms with Crippen LogP contribution in [-0.4, -0.2) is 92.0 Å². The molecule has 66 heavy (non-hydrogen) atoms. The third-order valence-electron chi connectivity index (χ3n) is 9.87. The van der Waals surface area contributed by atoms with Crippen LogP contribution in [0.25, 0.3) is 11.3 Å². The summed E-state index contributed by atoms with van der Waals surface area (Å²) in [5.41, 5.74) is 1.21. The number of carbonyl (C=O) groups is 8. The van der Waals surface area contributed by atoms with E-state index in [4.69, 9.17) is 32.9 Å². The number of nitrogens with one attached hydrogen (secondary N) is 3. The summed E-state index contributed by atoms with van der Waals surface area (Å²) in [5.74, 6) is -6.70. The largest absolute Gasteiger partial charge is 0.493 e. The molecule has 0 aliphatic carbocycles. The van der Waals surface area contributed by atoms with Crippen molar-refractivity contribution in [2.75, 3.05) is 26.9 Å². The van der Waals surface area contributed by atoms with E-state index in [2.05, 4.69) is 22.9 Å². The van der Waals surface area contributed by atoms with Gasteiger partial charge in [0.1, 0.15) is 24.2 Å². The van der Waals surface area contributed by atoms with Crippen LogP contribution in [0.4, 0.5) is 0 Å². The number of hydrogen-bond donors (Lipinski definition) is 3. The monoisotopic (exact) mass is 922 g/mol. The van der Waals surface area contributed by atoms with Crippen LogP contribution in [-0.2, 0) is 59.2 Å². The van der Waals surface area contributed by atoms with Crippen LogP contribution in [0.3, 0.4) is 0 Å². The number of hydrogen-bond acceptors (Lipinski definition) is 15. The maximum Gasteiger partial charge on any atom is 0.332 e. The smallest absolute Gasteiger partial charge is 0.332 e. The van der Waals surface area contributed by atoms with Gasteiger partial charge in [-0.15, -0.1) is 0 Å². The quantitative estimate of drug-likeness (QED) is 0.0252. The van der Waals surface area contributed by atoms with Crippen molar-refractivity contribution in [2.24, 2.45) is 17.8 Å². The average Bonchev–Trinajstić information content (AvgIpc) is 3.80. The molecule has 0 radical (unpaired) electrons. The van der Waals surface area contributed by atoms with E-state index in [1.807, 2.05) is 37.3 Å². The summed E-state index contributed by atoms with van der Waals surface area (Å²) in [7, 11) is 0. The van der Waals surface area contributed by atoms with Gasteiger partial charge >= 0.3 is 23.9 Å². The van der Waals surface area contributed by atoms with Gasteiger partial charge in [-0.2, -0.15) is 0 Å². The highest BCUT2D eigenvalue weighted by Gasteiger charge is 2.33. The van der Waals surface area contributed by atoms with Crippen LogP contribution >= 0.6 is 0 Å². The van der Waals surface area contributed by atoms with Crippen molar-refractivity contribution in [3.8, 4) is 17.1 Å². The Morgan fingerprint density at radius 3 is 2.05 bits per heavy atom. The van der Waals surface area contributed by atoms with Gasteiger partial charge in [0.15, 0.2) is 5.76 Å². The number of furan rings is 1. The van der Waals surface area contributed by atoms with E-state index < -0.39 is 85.5 Å². The Balaban J connectivity index is 1.71. The zero-order valence-electron chi connectivity index (χ0n) is 38.6. The SMILES string of the molecule is CCCCCC(C(=O)NCNC(=O)c1ccc(-c2ccc(C(=O)NC(CC(=O)OCOC(=O)C(C)C)C(=O)OCOC(=O)C(C)C)c(OCC)c2)o1)[C@@H](CC)N(C=O)OCc1ccccc1. The fourth-order valence-corrected chi connectivity index (χ4v) is 6.25. The van der Waals surface area contributed by atoms with Crippen LogP contribution in [0.5, 0.6) is 5.75 Å². The maximum absolute atomic E-state index is 13.6. The first-order chi connectivity index (χ1) is 31.6. The Labute approximate surface area is 384 Å². The van der Waals surface area contributed by atoms with E-state index >= 15 is 0 Å². The van der Waals surface area contributed by atoms with Gasteiger partial charge in [0.25, 0.3) is 11.8 Å². The first-order valence-electron chi connectivity index (χ1n) is 21.9. The Kier molecular flexibility index (Phi) is 22.9. The van der Waals surface area contributed by atoms with Gasteiger partial charge in [-0.1, -0.05) is 97.2 Å². The minimum atomic E-state index is -1.64. The highest BCUT2D eigenvalue weighted by molar-refractivity contribution is 6.00. The Hall–Kier alpha value is -6.76. The number of benzene rings is 2. The number of hydroxylamine groups is 2. The Morgan fingerprint density at radius 1 is 0.758 bits per heavy atom. The van der Waals surface area contributed by atoms with Crippen LogP contribution in [0, 0.1) is 17.8 Å². The maximum atomic E-state index is 13.6. The minimum absolute atomic E-state index is 0.0521. The molecule has 0 saturated carbocycles. The van der Waals surface area contributed by atoms with Crippen LogP contribution in [0.1, 0.15) is 113 Å². The lowest BCUT2D eigenvalue weighted by Gasteiger charge is -2.32. The predicted octanol–water partition coefficient (Wildman–Crippen LogP) is 5.60. The molecule has 19 heteroatoms. The molecular formula is C47H62N4O15.